The van der Waals surface area contributed by atoms with Crippen molar-refractivity contribution in [1.29, 1.82) is 0 Å². The minimum absolute atomic E-state index is 0.00583. The van der Waals surface area contributed by atoms with Gasteiger partial charge >= 0.3 is 6.18 Å². The number of hydrogen-bond acceptors (Lipinski definition) is 4. The fourth-order valence-electron chi connectivity index (χ4n) is 3.19. The molecule has 1 N–H and O–H groups in total. The Balaban J connectivity index is 1.75. The van der Waals surface area contributed by atoms with Crippen LogP contribution >= 0.6 is 11.3 Å². The number of carbonyl (C=O) groups excluding carboxylic acids is 2. The smallest absolute Gasteiger partial charge is 0.322 e. The summed E-state index contributed by atoms with van der Waals surface area (Å²) in [6.45, 7) is 1.40. The van der Waals surface area contributed by atoms with E-state index in [2.05, 4.69) is 10.3 Å². The standard InChI is InChI=1S/C23H15F3N2O2S/c1-13(29)21-10-15(12-31-21)14-8-16(23(24,25)26)11-17(9-14)28-22(30)19-6-7-27-20-5-3-2-4-18(19)20/h2-12H,1H3,(H,28,30). The molecule has 0 saturated carbocycles. The molecule has 156 valence electrons. The molecule has 2 heterocycles. The second kappa shape index (κ2) is 7.96. The molecule has 0 fully saturated rings. The van der Waals surface area contributed by atoms with Gasteiger partial charge in [-0.15, -0.1) is 11.3 Å². The normalized spacial score (nSPS) is 11.5. The number of Topliss-reactive ketones (excluding diaryl/α,β-unsaturated/α-hetero) is 1. The van der Waals surface area contributed by atoms with Gasteiger partial charge in [0, 0.05) is 17.3 Å². The topological polar surface area (TPSA) is 59.1 Å². The number of carbonyl (C=O) groups is 2. The Labute approximate surface area is 179 Å². The first-order chi connectivity index (χ1) is 14.7. The van der Waals surface area contributed by atoms with Gasteiger partial charge in [-0.1, -0.05) is 18.2 Å². The van der Waals surface area contributed by atoms with Gasteiger partial charge in [0.2, 0.25) is 0 Å². The number of nitrogens with zero attached hydrogens (tertiary/aromatic N) is 1. The van der Waals surface area contributed by atoms with Gasteiger partial charge in [-0.05, 0) is 59.8 Å². The molecular weight excluding hydrogens is 425 g/mol. The summed E-state index contributed by atoms with van der Waals surface area (Å²) in [7, 11) is 0. The zero-order valence-corrected chi connectivity index (χ0v) is 17.0. The molecule has 8 heteroatoms. The molecular formula is C23H15F3N2O2S. The molecule has 0 bridgehead atoms. The molecule has 0 atom stereocenters. The minimum atomic E-state index is -4.60. The third kappa shape index (κ3) is 4.34. The fourth-order valence-corrected chi connectivity index (χ4v) is 4.01. The number of amides is 1. The minimum Gasteiger partial charge on any atom is -0.322 e. The Bertz CT molecular complexity index is 1310. The number of hydrogen-bond donors (Lipinski definition) is 1. The number of aromatic nitrogens is 1. The van der Waals surface area contributed by atoms with Gasteiger partial charge < -0.3 is 5.32 Å². The van der Waals surface area contributed by atoms with Crippen LogP contribution in [0.5, 0.6) is 0 Å². The lowest BCUT2D eigenvalue weighted by Crippen LogP contribution is -2.14. The van der Waals surface area contributed by atoms with E-state index in [9.17, 15) is 22.8 Å². The van der Waals surface area contributed by atoms with Crippen molar-refractivity contribution in [3.63, 3.8) is 0 Å². The van der Waals surface area contributed by atoms with E-state index < -0.39 is 17.6 Å². The third-order valence-corrected chi connectivity index (χ3v) is 5.72. The van der Waals surface area contributed by atoms with Crippen LogP contribution in [0.2, 0.25) is 0 Å². The second-order valence-corrected chi connectivity index (χ2v) is 7.79. The van der Waals surface area contributed by atoms with E-state index in [0.29, 0.717) is 26.9 Å². The van der Waals surface area contributed by atoms with Crippen molar-refractivity contribution in [2.75, 3.05) is 5.32 Å². The summed E-state index contributed by atoms with van der Waals surface area (Å²) in [4.78, 5) is 29.1. The number of pyridine rings is 1. The maximum absolute atomic E-state index is 13.5. The van der Waals surface area contributed by atoms with Gasteiger partial charge in [0.1, 0.15) is 0 Å². The van der Waals surface area contributed by atoms with Gasteiger partial charge in [0.25, 0.3) is 5.91 Å². The van der Waals surface area contributed by atoms with Crippen LogP contribution in [0.25, 0.3) is 22.0 Å². The molecule has 0 aliphatic rings. The molecule has 0 spiro atoms. The van der Waals surface area contributed by atoms with Gasteiger partial charge in [0.05, 0.1) is 21.5 Å². The Hall–Kier alpha value is -3.52. The average Bonchev–Trinajstić information content (AvgIpc) is 3.23. The summed E-state index contributed by atoms with van der Waals surface area (Å²) in [6.07, 6.45) is -3.12. The number of rotatable bonds is 4. The van der Waals surface area contributed by atoms with Crippen molar-refractivity contribution < 1.29 is 22.8 Å². The van der Waals surface area contributed by atoms with Crippen molar-refractivity contribution in [3.8, 4) is 11.1 Å². The lowest BCUT2D eigenvalue weighted by molar-refractivity contribution is -0.137. The van der Waals surface area contributed by atoms with E-state index in [-0.39, 0.29) is 17.0 Å². The number of anilines is 1. The van der Waals surface area contributed by atoms with E-state index in [4.69, 9.17) is 0 Å². The molecule has 0 radical (unpaired) electrons. The predicted molar refractivity (Wildman–Crippen MR) is 114 cm³/mol. The first-order valence-corrected chi connectivity index (χ1v) is 10.1. The highest BCUT2D eigenvalue weighted by atomic mass is 32.1. The molecule has 2 aromatic carbocycles. The molecule has 4 rings (SSSR count). The van der Waals surface area contributed by atoms with E-state index >= 15 is 0 Å². The Kier molecular flexibility index (Phi) is 5.32. The quantitative estimate of drug-likeness (QED) is 0.372. The van der Waals surface area contributed by atoms with Crippen LogP contribution in [-0.2, 0) is 6.18 Å². The van der Waals surface area contributed by atoms with Gasteiger partial charge in [0.15, 0.2) is 5.78 Å². The van der Waals surface area contributed by atoms with Crippen LogP contribution in [0.4, 0.5) is 18.9 Å². The zero-order valence-electron chi connectivity index (χ0n) is 16.2. The van der Waals surface area contributed by atoms with E-state index in [0.717, 1.165) is 23.5 Å². The van der Waals surface area contributed by atoms with Crippen LogP contribution in [0.1, 0.15) is 32.5 Å². The molecule has 2 aromatic heterocycles. The monoisotopic (exact) mass is 440 g/mol. The molecule has 1 amide bonds. The van der Waals surface area contributed by atoms with Crippen LogP contribution in [0, 0.1) is 0 Å². The van der Waals surface area contributed by atoms with Crippen molar-refractivity contribution in [3.05, 3.63) is 82.2 Å². The maximum Gasteiger partial charge on any atom is 0.416 e. The summed E-state index contributed by atoms with van der Waals surface area (Å²) in [5, 5.41) is 4.79. The number of nitrogens with one attached hydrogen (secondary N) is 1. The molecule has 31 heavy (non-hydrogen) atoms. The SMILES string of the molecule is CC(=O)c1cc(-c2cc(NC(=O)c3ccnc4ccccc34)cc(C(F)(F)F)c2)cs1. The number of para-hydroxylation sites is 1. The average molecular weight is 440 g/mol. The number of ketones is 1. The van der Waals surface area contributed by atoms with Crippen LogP contribution in [-0.4, -0.2) is 16.7 Å². The lowest BCUT2D eigenvalue weighted by Gasteiger charge is -2.13. The zero-order chi connectivity index (χ0) is 22.2. The van der Waals surface area contributed by atoms with Crippen molar-refractivity contribution >= 4 is 39.6 Å². The summed E-state index contributed by atoms with van der Waals surface area (Å²) < 4.78 is 40.5. The first-order valence-electron chi connectivity index (χ1n) is 9.19. The van der Waals surface area contributed by atoms with Crippen molar-refractivity contribution in [2.24, 2.45) is 0 Å². The molecule has 4 aromatic rings. The van der Waals surface area contributed by atoms with Gasteiger partial charge in [-0.25, -0.2) is 0 Å². The Morgan fingerprint density at radius 1 is 1.00 bits per heavy atom. The Morgan fingerprint density at radius 3 is 2.48 bits per heavy atom. The second-order valence-electron chi connectivity index (χ2n) is 6.88. The predicted octanol–water partition coefficient (Wildman–Crippen LogP) is 6.44. The Morgan fingerprint density at radius 2 is 1.77 bits per heavy atom. The molecule has 0 aliphatic carbocycles. The summed E-state index contributed by atoms with van der Waals surface area (Å²) in [5.41, 5.74) is 0.759. The van der Waals surface area contributed by atoms with Gasteiger partial charge in [-0.2, -0.15) is 13.2 Å². The molecule has 4 nitrogen and oxygen atoms in total. The first kappa shape index (κ1) is 20.7. The summed E-state index contributed by atoms with van der Waals surface area (Å²) >= 11 is 1.16. The lowest BCUT2D eigenvalue weighted by atomic mass is 10.0. The summed E-state index contributed by atoms with van der Waals surface area (Å²) in [5.74, 6) is -0.708. The highest BCUT2D eigenvalue weighted by molar-refractivity contribution is 7.12. The number of thiophene rings is 1. The van der Waals surface area contributed by atoms with E-state index in [1.54, 1.807) is 35.7 Å². The van der Waals surface area contributed by atoms with Crippen LogP contribution < -0.4 is 5.32 Å². The molecule has 0 unspecified atom stereocenters. The number of alkyl halides is 3. The maximum atomic E-state index is 13.5. The van der Waals surface area contributed by atoms with E-state index in [1.165, 1.54) is 25.3 Å². The van der Waals surface area contributed by atoms with Crippen LogP contribution in [0.15, 0.2) is 66.2 Å². The molecule has 0 saturated heterocycles. The third-order valence-electron chi connectivity index (χ3n) is 4.69. The number of benzene rings is 2. The summed E-state index contributed by atoms with van der Waals surface area (Å²) in [6, 6.07) is 13.4. The van der Waals surface area contributed by atoms with Crippen molar-refractivity contribution in [2.45, 2.75) is 13.1 Å². The fraction of sp³-hybridized carbons (Fsp3) is 0.0870. The highest BCUT2D eigenvalue weighted by Crippen LogP contribution is 2.36. The number of halogens is 3. The van der Waals surface area contributed by atoms with Crippen LogP contribution in [0.3, 0.4) is 0 Å². The van der Waals surface area contributed by atoms with E-state index in [1.807, 2.05) is 0 Å². The largest absolute Gasteiger partial charge is 0.416 e. The number of fused-ring (bicyclic) bond motifs is 1. The van der Waals surface area contributed by atoms with Crippen molar-refractivity contribution in [1.82, 2.24) is 4.98 Å². The molecule has 0 aliphatic heterocycles. The highest BCUT2D eigenvalue weighted by Gasteiger charge is 2.31. The van der Waals surface area contributed by atoms with Gasteiger partial charge in [-0.3, -0.25) is 14.6 Å².